The number of hydrogen-bond donors (Lipinski definition) is 1. The van der Waals surface area contributed by atoms with Crippen LogP contribution in [0.4, 0.5) is 4.79 Å². The Morgan fingerprint density at radius 1 is 1.23 bits per heavy atom. The second-order valence-corrected chi connectivity index (χ2v) is 5.74. The Balaban J connectivity index is 1.59. The van der Waals surface area contributed by atoms with E-state index in [4.69, 9.17) is 9.47 Å². The van der Waals surface area contributed by atoms with Gasteiger partial charge in [0.05, 0.1) is 5.70 Å². The van der Waals surface area contributed by atoms with Crippen molar-refractivity contribution in [3.8, 4) is 5.75 Å². The van der Waals surface area contributed by atoms with E-state index in [-0.39, 0.29) is 6.61 Å². The third kappa shape index (κ3) is 3.68. The molecule has 1 heterocycles. The zero-order chi connectivity index (χ0) is 15.4. The number of ether oxygens (including phenoxy) is 2. The van der Waals surface area contributed by atoms with Crippen LogP contribution in [0, 0.1) is 0 Å². The first kappa shape index (κ1) is 14.7. The molecule has 0 aromatic heterocycles. The fourth-order valence-electron chi connectivity index (χ4n) is 2.10. The first-order chi connectivity index (χ1) is 10.7. The maximum Gasteiger partial charge on any atom is 0.411 e. The average molecular weight is 360 g/mol. The Kier molecular flexibility index (Phi) is 4.44. The number of amides is 1. The smallest absolute Gasteiger partial charge is 0.411 e. The number of halogens is 1. The molecule has 3 rings (SSSR count). The van der Waals surface area contributed by atoms with E-state index in [2.05, 4.69) is 21.2 Å². The number of alkyl carbamates (subject to hydrolysis) is 1. The summed E-state index contributed by atoms with van der Waals surface area (Å²) in [4.78, 5) is 11.8. The maximum absolute atomic E-state index is 11.8. The van der Waals surface area contributed by atoms with E-state index in [1.165, 1.54) is 0 Å². The Morgan fingerprint density at radius 2 is 2.05 bits per heavy atom. The minimum absolute atomic E-state index is 0.240. The zero-order valence-corrected chi connectivity index (χ0v) is 13.3. The highest BCUT2D eigenvalue weighted by atomic mass is 79.9. The number of carbonyl (C=O) groups excluding carboxylic acids is 1. The van der Waals surface area contributed by atoms with Gasteiger partial charge in [0.2, 0.25) is 0 Å². The van der Waals surface area contributed by atoms with Crippen molar-refractivity contribution >= 4 is 28.1 Å². The van der Waals surface area contributed by atoms with Crippen LogP contribution in [0.1, 0.15) is 11.1 Å². The van der Waals surface area contributed by atoms with E-state index < -0.39 is 6.09 Å². The maximum atomic E-state index is 11.8. The van der Waals surface area contributed by atoms with Gasteiger partial charge in [0.1, 0.15) is 19.0 Å². The van der Waals surface area contributed by atoms with Gasteiger partial charge in [-0.3, -0.25) is 5.32 Å². The number of rotatable bonds is 3. The highest BCUT2D eigenvalue weighted by molar-refractivity contribution is 9.10. The minimum atomic E-state index is -0.487. The van der Waals surface area contributed by atoms with E-state index in [1.54, 1.807) is 0 Å². The van der Waals surface area contributed by atoms with Gasteiger partial charge in [0.15, 0.2) is 0 Å². The number of benzene rings is 2. The van der Waals surface area contributed by atoms with Gasteiger partial charge in [-0.05, 0) is 23.8 Å². The van der Waals surface area contributed by atoms with Crippen LogP contribution in [0.25, 0.3) is 6.08 Å². The molecule has 1 amide bonds. The molecule has 1 aliphatic rings. The first-order valence-electron chi connectivity index (χ1n) is 6.81. The quantitative estimate of drug-likeness (QED) is 0.896. The van der Waals surface area contributed by atoms with E-state index in [0.717, 1.165) is 21.3 Å². The van der Waals surface area contributed by atoms with Crippen LogP contribution in [0.2, 0.25) is 0 Å². The summed E-state index contributed by atoms with van der Waals surface area (Å²) in [7, 11) is 0. The lowest BCUT2D eigenvalue weighted by molar-refractivity contribution is 0.141. The molecule has 0 aliphatic carbocycles. The molecular weight excluding hydrogens is 346 g/mol. The molecule has 0 atom stereocenters. The lowest BCUT2D eigenvalue weighted by Crippen LogP contribution is -2.28. The molecule has 22 heavy (non-hydrogen) atoms. The van der Waals surface area contributed by atoms with E-state index in [1.807, 2.05) is 54.6 Å². The Hall–Kier alpha value is -2.27. The molecule has 0 saturated heterocycles. The van der Waals surface area contributed by atoms with Crippen molar-refractivity contribution in [3.05, 3.63) is 69.8 Å². The molecule has 4 nitrogen and oxygen atoms in total. The summed E-state index contributed by atoms with van der Waals surface area (Å²) in [6.07, 6.45) is 1.40. The molecule has 0 saturated carbocycles. The predicted molar refractivity (Wildman–Crippen MR) is 87.4 cm³/mol. The van der Waals surface area contributed by atoms with Crippen molar-refractivity contribution in [2.24, 2.45) is 0 Å². The number of hydrogen-bond acceptors (Lipinski definition) is 3. The van der Waals surface area contributed by atoms with Crippen LogP contribution in [0.15, 0.2) is 58.7 Å². The third-order valence-electron chi connectivity index (χ3n) is 3.16. The van der Waals surface area contributed by atoms with Gasteiger partial charge in [0.25, 0.3) is 0 Å². The van der Waals surface area contributed by atoms with Crippen LogP contribution >= 0.6 is 15.9 Å². The van der Waals surface area contributed by atoms with Crippen LogP contribution in [-0.4, -0.2) is 12.7 Å². The fraction of sp³-hybridized carbons (Fsp3) is 0.118. The van der Waals surface area contributed by atoms with Crippen molar-refractivity contribution in [3.63, 3.8) is 0 Å². The van der Waals surface area contributed by atoms with Crippen LogP contribution < -0.4 is 10.1 Å². The van der Waals surface area contributed by atoms with Gasteiger partial charge in [-0.1, -0.05) is 52.3 Å². The largest absolute Gasteiger partial charge is 0.487 e. The molecule has 0 fully saturated rings. The molecule has 0 radical (unpaired) electrons. The Labute approximate surface area is 136 Å². The van der Waals surface area contributed by atoms with Gasteiger partial charge < -0.3 is 9.47 Å². The van der Waals surface area contributed by atoms with Gasteiger partial charge in [-0.15, -0.1) is 0 Å². The molecule has 2 aromatic rings. The van der Waals surface area contributed by atoms with E-state index in [0.29, 0.717) is 12.3 Å². The summed E-state index contributed by atoms with van der Waals surface area (Å²) in [6.45, 7) is 0.550. The van der Waals surface area contributed by atoms with Crippen molar-refractivity contribution < 1.29 is 14.3 Å². The Morgan fingerprint density at radius 3 is 2.86 bits per heavy atom. The topological polar surface area (TPSA) is 47.6 Å². The van der Waals surface area contributed by atoms with Crippen LogP contribution in [0.3, 0.4) is 0 Å². The first-order valence-corrected chi connectivity index (χ1v) is 7.60. The van der Waals surface area contributed by atoms with Crippen molar-refractivity contribution in [1.29, 1.82) is 0 Å². The highest BCUT2D eigenvalue weighted by Gasteiger charge is 2.14. The van der Waals surface area contributed by atoms with Crippen LogP contribution in [-0.2, 0) is 11.3 Å². The summed E-state index contributed by atoms with van der Waals surface area (Å²) < 4.78 is 11.8. The lowest BCUT2D eigenvalue weighted by atomic mass is 10.1. The predicted octanol–water partition coefficient (Wildman–Crippen LogP) is 4.11. The molecule has 1 aliphatic heterocycles. The van der Waals surface area contributed by atoms with E-state index >= 15 is 0 Å². The molecular formula is C17H14BrNO3. The van der Waals surface area contributed by atoms with Crippen molar-refractivity contribution in [2.45, 2.75) is 6.61 Å². The molecule has 0 bridgehead atoms. The summed E-state index contributed by atoms with van der Waals surface area (Å²) in [6, 6.07) is 15.3. The summed E-state index contributed by atoms with van der Waals surface area (Å²) in [5, 5.41) is 2.71. The normalized spacial score (nSPS) is 12.7. The van der Waals surface area contributed by atoms with E-state index in [9.17, 15) is 4.79 Å². The molecule has 5 heteroatoms. The summed E-state index contributed by atoms with van der Waals surface area (Å²) >= 11 is 3.40. The molecule has 0 spiro atoms. The van der Waals surface area contributed by atoms with Crippen molar-refractivity contribution in [2.75, 3.05) is 6.61 Å². The molecule has 112 valence electrons. The van der Waals surface area contributed by atoms with Crippen molar-refractivity contribution in [1.82, 2.24) is 5.32 Å². The highest BCUT2D eigenvalue weighted by Crippen LogP contribution is 2.28. The molecule has 2 aromatic carbocycles. The summed E-state index contributed by atoms with van der Waals surface area (Å²) in [5.74, 6) is 0.789. The van der Waals surface area contributed by atoms with Crippen LogP contribution in [0.5, 0.6) is 5.75 Å². The minimum Gasteiger partial charge on any atom is -0.487 e. The van der Waals surface area contributed by atoms with Gasteiger partial charge >= 0.3 is 6.09 Å². The van der Waals surface area contributed by atoms with Gasteiger partial charge in [-0.25, -0.2) is 4.79 Å². The second kappa shape index (κ2) is 6.66. The zero-order valence-electron chi connectivity index (χ0n) is 11.7. The molecule has 0 unspecified atom stereocenters. The SMILES string of the molecule is O=C(NC1=Cc2ccc(Br)cc2OC1)OCc1ccccc1. The number of fused-ring (bicyclic) bond motifs is 1. The molecule has 1 N–H and O–H groups in total. The fourth-order valence-corrected chi connectivity index (χ4v) is 2.44. The second-order valence-electron chi connectivity index (χ2n) is 4.83. The number of nitrogens with one attached hydrogen (secondary N) is 1. The average Bonchev–Trinajstić information content (AvgIpc) is 2.54. The monoisotopic (exact) mass is 359 g/mol. The Bertz CT molecular complexity index is 713. The van der Waals surface area contributed by atoms with Gasteiger partial charge in [-0.2, -0.15) is 0 Å². The number of carbonyl (C=O) groups is 1. The third-order valence-corrected chi connectivity index (χ3v) is 3.66. The standard InChI is InChI=1S/C17H14BrNO3/c18-14-7-6-13-8-15(11-21-16(13)9-14)19-17(20)22-10-12-4-2-1-3-5-12/h1-9H,10-11H2,(H,19,20). The van der Waals surface area contributed by atoms with Gasteiger partial charge in [0, 0.05) is 10.0 Å². The lowest BCUT2D eigenvalue weighted by Gasteiger charge is -2.18. The summed E-state index contributed by atoms with van der Waals surface area (Å²) in [5.41, 5.74) is 2.54.